The van der Waals surface area contributed by atoms with Crippen molar-refractivity contribution in [1.29, 1.82) is 0 Å². The third-order valence-electron chi connectivity index (χ3n) is 3.73. The first-order valence-electron chi connectivity index (χ1n) is 7.70. The highest BCUT2D eigenvalue weighted by Crippen LogP contribution is 2.29. The molecule has 0 atom stereocenters. The second kappa shape index (κ2) is 6.69. The van der Waals surface area contributed by atoms with Crippen molar-refractivity contribution >= 4 is 29.4 Å². The van der Waals surface area contributed by atoms with Gasteiger partial charge in [-0.25, -0.2) is 14.6 Å². The molecule has 0 aliphatic carbocycles. The van der Waals surface area contributed by atoms with Crippen LogP contribution in [0.3, 0.4) is 0 Å². The fourth-order valence-corrected chi connectivity index (χ4v) is 2.64. The number of cyclic esters (lactones) is 1. The summed E-state index contributed by atoms with van der Waals surface area (Å²) in [6.45, 7) is 3.33. The molecule has 1 aliphatic rings. The van der Waals surface area contributed by atoms with Crippen LogP contribution in [0.4, 0.5) is 0 Å². The van der Waals surface area contributed by atoms with Gasteiger partial charge in [-0.15, -0.1) is 0 Å². The lowest BCUT2D eigenvalue weighted by atomic mass is 10.1. The summed E-state index contributed by atoms with van der Waals surface area (Å²) in [4.78, 5) is 28.6. The molecule has 0 fully saturated rings. The molecule has 0 saturated carbocycles. The Labute approximate surface area is 150 Å². The van der Waals surface area contributed by atoms with Gasteiger partial charge in [0.1, 0.15) is 6.61 Å². The first-order valence-corrected chi connectivity index (χ1v) is 8.08. The van der Waals surface area contributed by atoms with E-state index < -0.39 is 17.5 Å². The summed E-state index contributed by atoms with van der Waals surface area (Å²) < 4.78 is 10.5. The van der Waals surface area contributed by atoms with Gasteiger partial charge in [-0.3, -0.25) is 0 Å². The summed E-state index contributed by atoms with van der Waals surface area (Å²) in [5.74, 6) is -1.03. The van der Waals surface area contributed by atoms with E-state index >= 15 is 0 Å². The minimum absolute atomic E-state index is 0.0345. The van der Waals surface area contributed by atoms with Crippen LogP contribution in [0.25, 0.3) is 0 Å². The lowest BCUT2D eigenvalue weighted by Crippen LogP contribution is -2.33. The first-order chi connectivity index (χ1) is 11.9. The van der Waals surface area contributed by atoms with Gasteiger partial charge in [0, 0.05) is 0 Å². The molecule has 0 radical (unpaired) electrons. The van der Waals surface area contributed by atoms with Crippen molar-refractivity contribution in [2.45, 2.75) is 26.0 Å². The van der Waals surface area contributed by atoms with E-state index in [9.17, 15) is 9.59 Å². The van der Waals surface area contributed by atoms with Crippen molar-refractivity contribution in [2.24, 2.45) is 4.99 Å². The van der Waals surface area contributed by atoms with Crippen LogP contribution in [0.15, 0.2) is 53.5 Å². The fraction of sp³-hybridized carbons (Fsp3) is 0.211. The molecule has 0 aromatic heterocycles. The van der Waals surface area contributed by atoms with E-state index in [0.717, 1.165) is 5.56 Å². The van der Waals surface area contributed by atoms with Gasteiger partial charge < -0.3 is 9.47 Å². The molecule has 0 saturated heterocycles. The maximum absolute atomic E-state index is 12.4. The quantitative estimate of drug-likeness (QED) is 0.781. The average Bonchev–Trinajstić information content (AvgIpc) is 2.90. The molecule has 3 rings (SSSR count). The third kappa shape index (κ3) is 3.56. The van der Waals surface area contributed by atoms with E-state index in [-0.39, 0.29) is 12.5 Å². The van der Waals surface area contributed by atoms with Crippen LogP contribution in [-0.4, -0.2) is 23.4 Å². The van der Waals surface area contributed by atoms with E-state index in [0.29, 0.717) is 16.1 Å². The number of hydrogen-bond acceptors (Lipinski definition) is 5. The Balaban J connectivity index is 1.80. The van der Waals surface area contributed by atoms with Crippen LogP contribution in [0.1, 0.15) is 35.3 Å². The largest absolute Gasteiger partial charge is 0.459 e. The molecular formula is C19H16ClNO4. The lowest BCUT2D eigenvalue weighted by Gasteiger charge is -2.18. The van der Waals surface area contributed by atoms with Crippen LogP contribution in [0, 0.1) is 0 Å². The summed E-state index contributed by atoms with van der Waals surface area (Å²) in [5.41, 5.74) is 0.378. The molecule has 2 aromatic carbocycles. The highest BCUT2D eigenvalue weighted by atomic mass is 35.5. The normalized spacial score (nSPS) is 15.0. The Morgan fingerprint density at radius 3 is 2.60 bits per heavy atom. The predicted molar refractivity (Wildman–Crippen MR) is 93.7 cm³/mol. The van der Waals surface area contributed by atoms with Crippen molar-refractivity contribution in [3.63, 3.8) is 0 Å². The molecule has 128 valence electrons. The van der Waals surface area contributed by atoms with Gasteiger partial charge in [-0.1, -0.05) is 48.0 Å². The van der Waals surface area contributed by atoms with Gasteiger partial charge >= 0.3 is 11.9 Å². The van der Waals surface area contributed by atoms with E-state index in [1.165, 1.54) is 0 Å². The number of carbonyl (C=O) groups excluding carboxylic acids is 2. The van der Waals surface area contributed by atoms with E-state index in [2.05, 4.69) is 4.99 Å². The van der Waals surface area contributed by atoms with Gasteiger partial charge in [0.05, 0.1) is 16.1 Å². The number of fused-ring (bicyclic) bond motifs is 1. The number of ether oxygens (including phenoxy) is 2. The molecule has 6 heteroatoms. The summed E-state index contributed by atoms with van der Waals surface area (Å²) in [6, 6.07) is 14.2. The van der Waals surface area contributed by atoms with Crippen LogP contribution in [0.5, 0.6) is 0 Å². The Morgan fingerprint density at radius 1 is 1.16 bits per heavy atom. The highest BCUT2D eigenvalue weighted by molar-refractivity contribution is 6.36. The van der Waals surface area contributed by atoms with Crippen molar-refractivity contribution in [3.8, 4) is 0 Å². The molecule has 0 spiro atoms. The molecule has 0 amide bonds. The van der Waals surface area contributed by atoms with Gasteiger partial charge in [0.2, 0.25) is 5.90 Å². The molecule has 5 nitrogen and oxygen atoms in total. The first kappa shape index (κ1) is 17.2. The van der Waals surface area contributed by atoms with Gasteiger partial charge in [0.15, 0.2) is 5.54 Å². The summed E-state index contributed by atoms with van der Waals surface area (Å²) in [7, 11) is 0. The number of esters is 2. The summed E-state index contributed by atoms with van der Waals surface area (Å²) >= 11 is 6.15. The Hall–Kier alpha value is -2.66. The average molecular weight is 358 g/mol. The number of hydrogen-bond donors (Lipinski definition) is 0. The summed E-state index contributed by atoms with van der Waals surface area (Å²) in [5, 5.41) is 0.343. The lowest BCUT2D eigenvalue weighted by molar-refractivity contribution is -0.150. The maximum Gasteiger partial charge on any atom is 0.345 e. The number of carbonyl (C=O) groups is 2. The van der Waals surface area contributed by atoms with E-state index in [1.807, 2.05) is 30.3 Å². The number of aliphatic imine (C=N–C) groups is 1. The smallest absolute Gasteiger partial charge is 0.345 e. The van der Waals surface area contributed by atoms with Crippen molar-refractivity contribution < 1.29 is 19.1 Å². The number of rotatable bonds is 4. The Morgan fingerprint density at radius 2 is 1.88 bits per heavy atom. The molecular weight excluding hydrogens is 342 g/mol. The molecule has 1 aliphatic heterocycles. The van der Waals surface area contributed by atoms with Crippen LogP contribution >= 0.6 is 11.6 Å². The number of benzene rings is 2. The summed E-state index contributed by atoms with van der Waals surface area (Å²) in [6.07, 6.45) is 0. The van der Waals surface area contributed by atoms with E-state index in [1.54, 1.807) is 32.0 Å². The second-order valence-electron chi connectivity index (χ2n) is 6.09. The minimum Gasteiger partial charge on any atom is -0.459 e. The molecule has 0 bridgehead atoms. The zero-order chi connectivity index (χ0) is 18.0. The van der Waals surface area contributed by atoms with Crippen LogP contribution < -0.4 is 0 Å². The predicted octanol–water partition coefficient (Wildman–Crippen LogP) is 3.78. The van der Waals surface area contributed by atoms with Crippen molar-refractivity contribution in [2.75, 3.05) is 0 Å². The topological polar surface area (TPSA) is 65.0 Å². The second-order valence-corrected chi connectivity index (χ2v) is 6.50. The fourth-order valence-electron chi connectivity index (χ4n) is 2.38. The minimum atomic E-state index is -1.23. The van der Waals surface area contributed by atoms with Gasteiger partial charge in [-0.2, -0.15) is 0 Å². The maximum atomic E-state index is 12.4. The zero-order valence-electron chi connectivity index (χ0n) is 13.8. The molecule has 2 aromatic rings. The van der Waals surface area contributed by atoms with Gasteiger partial charge in [-0.05, 0) is 31.5 Å². The third-order valence-corrected chi connectivity index (χ3v) is 4.05. The Bertz CT molecular complexity index is 859. The molecule has 0 N–H and O–H groups in total. The highest BCUT2D eigenvalue weighted by Gasteiger charge is 2.35. The van der Waals surface area contributed by atoms with Crippen molar-refractivity contribution in [1.82, 2.24) is 0 Å². The van der Waals surface area contributed by atoms with E-state index in [4.69, 9.17) is 21.1 Å². The standard InChI is InChI=1S/C19H16ClNO4/c1-19(2,18(23)24-11-12-7-4-3-5-8-12)21-16-15-13(17(22)25-16)9-6-10-14(15)20/h3-10H,11H2,1-2H3. The zero-order valence-corrected chi connectivity index (χ0v) is 14.5. The Kier molecular flexibility index (Phi) is 4.59. The van der Waals surface area contributed by atoms with Gasteiger partial charge in [0.25, 0.3) is 0 Å². The monoisotopic (exact) mass is 357 g/mol. The number of halogens is 1. The SMILES string of the molecule is CC(C)(N=C1OC(=O)c2cccc(Cl)c21)C(=O)OCc1ccccc1. The van der Waals surface area contributed by atoms with Crippen LogP contribution in [-0.2, 0) is 20.9 Å². The van der Waals surface area contributed by atoms with Crippen molar-refractivity contribution in [3.05, 3.63) is 70.2 Å². The number of nitrogens with zero attached hydrogens (tertiary/aromatic N) is 1. The molecule has 0 unspecified atom stereocenters. The molecule has 1 heterocycles. The molecule has 25 heavy (non-hydrogen) atoms. The van der Waals surface area contributed by atoms with Crippen LogP contribution in [0.2, 0.25) is 5.02 Å².